The number of piperazine rings is 1. The molecule has 2 heterocycles. The standard InChI is InChI=1S/C9H13ClN4O2/c1-6-8(15)11-4-5-14(6)9-13-12-7(16-9)2-3-10/h6H,2-5H2,1H3,(H,11,15). The molecule has 1 N–H and O–H groups in total. The third kappa shape index (κ3) is 2.11. The third-order valence-electron chi connectivity index (χ3n) is 2.51. The van der Waals surface area contributed by atoms with Crippen LogP contribution in [-0.4, -0.2) is 41.1 Å². The van der Waals surface area contributed by atoms with Crippen LogP contribution in [0.4, 0.5) is 6.01 Å². The van der Waals surface area contributed by atoms with E-state index in [4.69, 9.17) is 16.0 Å². The summed E-state index contributed by atoms with van der Waals surface area (Å²) in [6, 6.07) is 0.112. The number of nitrogens with zero attached hydrogens (tertiary/aromatic N) is 3. The lowest BCUT2D eigenvalue weighted by molar-refractivity contribution is -0.123. The number of carbonyl (C=O) groups excluding carboxylic acids is 1. The zero-order valence-electron chi connectivity index (χ0n) is 8.94. The van der Waals surface area contributed by atoms with Crippen LogP contribution in [0.15, 0.2) is 4.42 Å². The summed E-state index contributed by atoms with van der Waals surface area (Å²) in [5.41, 5.74) is 0. The van der Waals surface area contributed by atoms with Crippen LogP contribution in [0.25, 0.3) is 0 Å². The summed E-state index contributed by atoms with van der Waals surface area (Å²) in [6.45, 7) is 3.08. The van der Waals surface area contributed by atoms with Crippen LogP contribution in [0, 0.1) is 0 Å². The summed E-state index contributed by atoms with van der Waals surface area (Å²) in [6.07, 6.45) is 0.545. The lowest BCUT2D eigenvalue weighted by Gasteiger charge is -2.30. The Hall–Kier alpha value is -1.30. The summed E-state index contributed by atoms with van der Waals surface area (Å²) in [5, 5.41) is 10.6. The molecule has 88 valence electrons. The fourth-order valence-electron chi connectivity index (χ4n) is 1.59. The first kappa shape index (κ1) is 11.2. The number of anilines is 1. The zero-order chi connectivity index (χ0) is 11.5. The van der Waals surface area contributed by atoms with Gasteiger partial charge < -0.3 is 14.6 Å². The Morgan fingerprint density at radius 2 is 2.44 bits per heavy atom. The number of halogens is 1. The maximum Gasteiger partial charge on any atom is 0.318 e. The van der Waals surface area contributed by atoms with Crippen LogP contribution in [-0.2, 0) is 11.2 Å². The second-order valence-electron chi connectivity index (χ2n) is 3.58. The number of hydrogen-bond acceptors (Lipinski definition) is 5. The number of alkyl halides is 1. The van der Waals surface area contributed by atoms with E-state index in [9.17, 15) is 4.79 Å². The zero-order valence-corrected chi connectivity index (χ0v) is 9.70. The van der Waals surface area contributed by atoms with E-state index >= 15 is 0 Å². The lowest BCUT2D eigenvalue weighted by atomic mass is 10.2. The van der Waals surface area contributed by atoms with Crippen molar-refractivity contribution in [3.05, 3.63) is 5.89 Å². The molecule has 0 aliphatic carbocycles. The first-order valence-electron chi connectivity index (χ1n) is 5.15. The highest BCUT2D eigenvalue weighted by atomic mass is 35.5. The van der Waals surface area contributed by atoms with Gasteiger partial charge in [0.25, 0.3) is 0 Å². The first-order chi connectivity index (χ1) is 7.72. The molecule has 1 aromatic rings. The molecule has 0 saturated carbocycles. The summed E-state index contributed by atoms with van der Waals surface area (Å²) in [5.74, 6) is 0.920. The molecule has 16 heavy (non-hydrogen) atoms. The summed E-state index contributed by atoms with van der Waals surface area (Å²) >= 11 is 5.58. The van der Waals surface area contributed by atoms with Crippen LogP contribution in [0.5, 0.6) is 0 Å². The van der Waals surface area contributed by atoms with Crippen molar-refractivity contribution in [1.82, 2.24) is 15.5 Å². The molecule has 1 amide bonds. The number of rotatable bonds is 3. The normalized spacial score (nSPS) is 21.0. The summed E-state index contributed by atoms with van der Waals surface area (Å²) in [7, 11) is 0. The van der Waals surface area contributed by atoms with Crippen LogP contribution in [0.3, 0.4) is 0 Å². The van der Waals surface area contributed by atoms with Gasteiger partial charge in [0.1, 0.15) is 6.04 Å². The topological polar surface area (TPSA) is 71.3 Å². The van der Waals surface area contributed by atoms with Gasteiger partial charge in [0.15, 0.2) is 0 Å². The van der Waals surface area contributed by atoms with Crippen molar-refractivity contribution >= 4 is 23.5 Å². The predicted molar refractivity (Wildman–Crippen MR) is 58.5 cm³/mol. The maximum atomic E-state index is 11.4. The van der Waals surface area contributed by atoms with Crippen LogP contribution in [0.1, 0.15) is 12.8 Å². The Balaban J connectivity index is 2.12. The Morgan fingerprint density at radius 1 is 1.62 bits per heavy atom. The molecule has 1 saturated heterocycles. The van der Waals surface area contributed by atoms with Gasteiger partial charge in [0, 0.05) is 25.4 Å². The second-order valence-corrected chi connectivity index (χ2v) is 3.96. The van der Waals surface area contributed by atoms with Gasteiger partial charge >= 0.3 is 6.01 Å². The molecule has 0 bridgehead atoms. The molecule has 0 radical (unpaired) electrons. The number of hydrogen-bond donors (Lipinski definition) is 1. The van der Waals surface area contributed by atoms with Crippen molar-refractivity contribution in [3.63, 3.8) is 0 Å². The van der Waals surface area contributed by atoms with E-state index in [1.807, 2.05) is 0 Å². The highest BCUT2D eigenvalue weighted by molar-refractivity contribution is 6.17. The fourth-order valence-corrected chi connectivity index (χ4v) is 1.75. The first-order valence-corrected chi connectivity index (χ1v) is 5.68. The molecule has 7 heteroatoms. The molecule has 1 aliphatic rings. The van der Waals surface area contributed by atoms with Gasteiger partial charge in [-0.25, -0.2) is 0 Å². The van der Waals surface area contributed by atoms with Crippen molar-refractivity contribution in [2.75, 3.05) is 23.9 Å². The smallest absolute Gasteiger partial charge is 0.318 e. The van der Waals surface area contributed by atoms with Gasteiger partial charge in [0.2, 0.25) is 11.8 Å². The van der Waals surface area contributed by atoms with E-state index < -0.39 is 0 Å². The molecule has 1 aliphatic heterocycles. The van der Waals surface area contributed by atoms with Crippen molar-refractivity contribution in [2.45, 2.75) is 19.4 Å². The molecule has 2 rings (SSSR count). The number of aryl methyl sites for hydroxylation is 1. The van der Waals surface area contributed by atoms with Gasteiger partial charge in [-0.15, -0.1) is 16.7 Å². The van der Waals surface area contributed by atoms with Crippen molar-refractivity contribution in [1.29, 1.82) is 0 Å². The van der Waals surface area contributed by atoms with E-state index in [0.29, 0.717) is 37.3 Å². The number of carbonyl (C=O) groups is 1. The minimum atomic E-state index is -0.280. The molecule has 0 aromatic carbocycles. The quantitative estimate of drug-likeness (QED) is 0.768. The van der Waals surface area contributed by atoms with Gasteiger partial charge in [0.05, 0.1) is 0 Å². The van der Waals surface area contributed by atoms with Crippen LogP contribution >= 0.6 is 11.6 Å². The van der Waals surface area contributed by atoms with Crippen LogP contribution in [0.2, 0.25) is 0 Å². The van der Waals surface area contributed by atoms with Gasteiger partial charge in [-0.2, -0.15) is 0 Å². The molecule has 6 nitrogen and oxygen atoms in total. The third-order valence-corrected chi connectivity index (χ3v) is 2.70. The molecule has 1 atom stereocenters. The van der Waals surface area contributed by atoms with Gasteiger partial charge in [-0.3, -0.25) is 4.79 Å². The summed E-state index contributed by atoms with van der Waals surface area (Å²) < 4.78 is 5.42. The van der Waals surface area contributed by atoms with E-state index in [1.54, 1.807) is 11.8 Å². The number of nitrogens with one attached hydrogen (secondary N) is 1. The fraction of sp³-hybridized carbons (Fsp3) is 0.667. The molecular formula is C9H13ClN4O2. The van der Waals surface area contributed by atoms with Crippen molar-refractivity contribution in [2.24, 2.45) is 0 Å². The number of amides is 1. The van der Waals surface area contributed by atoms with Crippen LogP contribution < -0.4 is 10.2 Å². The lowest BCUT2D eigenvalue weighted by Crippen LogP contribution is -2.54. The van der Waals surface area contributed by atoms with Gasteiger partial charge in [-0.1, -0.05) is 5.10 Å². The average Bonchev–Trinajstić information content (AvgIpc) is 2.71. The Morgan fingerprint density at radius 3 is 3.19 bits per heavy atom. The van der Waals surface area contributed by atoms with Gasteiger partial charge in [-0.05, 0) is 6.92 Å². The highest BCUT2D eigenvalue weighted by Crippen LogP contribution is 2.17. The Kier molecular flexibility index (Phi) is 3.28. The summed E-state index contributed by atoms with van der Waals surface area (Å²) in [4.78, 5) is 13.2. The number of aromatic nitrogens is 2. The van der Waals surface area contributed by atoms with E-state index in [1.165, 1.54) is 0 Å². The van der Waals surface area contributed by atoms with Crippen molar-refractivity contribution in [3.8, 4) is 0 Å². The molecular weight excluding hydrogens is 232 g/mol. The molecule has 1 aromatic heterocycles. The molecule has 1 fully saturated rings. The average molecular weight is 245 g/mol. The van der Waals surface area contributed by atoms with E-state index in [-0.39, 0.29) is 11.9 Å². The molecule has 0 spiro atoms. The minimum Gasteiger partial charge on any atom is -0.408 e. The van der Waals surface area contributed by atoms with E-state index in [2.05, 4.69) is 15.5 Å². The largest absolute Gasteiger partial charge is 0.408 e. The highest BCUT2D eigenvalue weighted by Gasteiger charge is 2.29. The monoisotopic (exact) mass is 244 g/mol. The predicted octanol–water partition coefficient (Wildman–Crippen LogP) is 0.176. The van der Waals surface area contributed by atoms with Crippen molar-refractivity contribution < 1.29 is 9.21 Å². The second kappa shape index (κ2) is 4.69. The maximum absolute atomic E-state index is 11.4. The van der Waals surface area contributed by atoms with E-state index in [0.717, 1.165) is 0 Å². The minimum absolute atomic E-state index is 0.0247. The molecule has 1 unspecified atom stereocenters. The Labute approximate surface area is 98.0 Å². The SMILES string of the molecule is CC1C(=O)NCCN1c1nnc(CCCl)o1. The Bertz CT molecular complexity index is 381.